The van der Waals surface area contributed by atoms with E-state index in [1.54, 1.807) is 30.3 Å². The van der Waals surface area contributed by atoms with E-state index >= 15 is 0 Å². The lowest BCUT2D eigenvalue weighted by Crippen LogP contribution is -2.30. The third kappa shape index (κ3) is 5.14. The maximum atomic E-state index is 13.1. The summed E-state index contributed by atoms with van der Waals surface area (Å²) in [5.74, 6) is -0.394. The molecule has 174 valence electrons. The van der Waals surface area contributed by atoms with Gasteiger partial charge in [0.15, 0.2) is 0 Å². The summed E-state index contributed by atoms with van der Waals surface area (Å²) in [5, 5.41) is 8.73. The Labute approximate surface area is 212 Å². The first kappa shape index (κ1) is 22.9. The minimum Gasteiger partial charge on any atom is -0.303 e. The van der Waals surface area contributed by atoms with Gasteiger partial charge in [0.05, 0.1) is 18.8 Å². The zero-order chi connectivity index (χ0) is 24.4. The van der Waals surface area contributed by atoms with Gasteiger partial charge in [0.25, 0.3) is 5.91 Å². The first-order valence-electron chi connectivity index (χ1n) is 10.9. The van der Waals surface area contributed by atoms with Gasteiger partial charge in [-0.3, -0.25) is 14.4 Å². The molecule has 1 aliphatic heterocycles. The summed E-state index contributed by atoms with van der Waals surface area (Å²) in [6, 6.07) is 23.8. The van der Waals surface area contributed by atoms with E-state index in [-0.39, 0.29) is 12.2 Å². The smallest absolute Gasteiger partial charge is 0.303 e. The molecule has 1 aliphatic rings. The van der Waals surface area contributed by atoms with Crippen LogP contribution in [0.25, 0.3) is 17.3 Å². The van der Waals surface area contributed by atoms with Crippen LogP contribution in [0.15, 0.2) is 90.8 Å². The lowest BCUT2D eigenvalue weighted by molar-refractivity contribution is -0.123. The summed E-state index contributed by atoms with van der Waals surface area (Å²) >= 11 is 11.9. The molecule has 1 N–H and O–H groups in total. The normalized spacial score (nSPS) is 14.6. The maximum Gasteiger partial charge on any atom is 0.329 e. The van der Waals surface area contributed by atoms with Crippen molar-refractivity contribution in [1.29, 1.82) is 0 Å². The fraction of sp³-hybridized carbons (Fsp3) is 0.0741. The van der Waals surface area contributed by atoms with Crippen LogP contribution in [0.1, 0.15) is 16.7 Å². The Morgan fingerprint density at radius 2 is 1.40 bits per heavy atom. The topological polar surface area (TPSA) is 67.2 Å². The summed E-state index contributed by atoms with van der Waals surface area (Å²) in [6.07, 6.45) is 3.54. The van der Waals surface area contributed by atoms with Crippen LogP contribution < -0.4 is 5.32 Å². The zero-order valence-corrected chi connectivity index (χ0v) is 20.0. The molecule has 0 atom stereocenters. The molecule has 0 saturated carbocycles. The number of rotatable bonds is 6. The van der Waals surface area contributed by atoms with Gasteiger partial charge in [-0.15, -0.1) is 0 Å². The van der Waals surface area contributed by atoms with Crippen molar-refractivity contribution >= 4 is 41.2 Å². The van der Waals surface area contributed by atoms with Gasteiger partial charge >= 0.3 is 6.03 Å². The molecule has 0 spiro atoms. The number of nitrogens with zero attached hydrogens (tertiary/aromatic N) is 3. The van der Waals surface area contributed by atoms with E-state index in [2.05, 4.69) is 5.32 Å². The molecule has 6 nitrogen and oxygen atoms in total. The number of hydrogen-bond donors (Lipinski definition) is 1. The van der Waals surface area contributed by atoms with Crippen molar-refractivity contribution in [2.45, 2.75) is 13.1 Å². The highest BCUT2D eigenvalue weighted by Crippen LogP contribution is 2.26. The van der Waals surface area contributed by atoms with Crippen LogP contribution in [0.2, 0.25) is 10.0 Å². The number of imide groups is 1. The van der Waals surface area contributed by atoms with Crippen molar-refractivity contribution < 1.29 is 9.59 Å². The number of carbonyl (C=O) groups is 2. The molecule has 35 heavy (non-hydrogen) atoms. The Balaban J connectivity index is 1.45. The van der Waals surface area contributed by atoms with Gasteiger partial charge in [0.2, 0.25) is 0 Å². The minimum atomic E-state index is -0.467. The van der Waals surface area contributed by atoms with Crippen molar-refractivity contribution in [1.82, 2.24) is 20.0 Å². The summed E-state index contributed by atoms with van der Waals surface area (Å²) in [6.45, 7) is 0.684. The van der Waals surface area contributed by atoms with Crippen LogP contribution in [-0.4, -0.2) is 26.6 Å². The Kier molecular flexibility index (Phi) is 6.40. The fourth-order valence-corrected chi connectivity index (χ4v) is 4.12. The van der Waals surface area contributed by atoms with E-state index in [4.69, 9.17) is 28.3 Å². The van der Waals surface area contributed by atoms with E-state index < -0.39 is 11.9 Å². The summed E-state index contributed by atoms with van der Waals surface area (Å²) in [5.41, 5.74) is 4.39. The van der Waals surface area contributed by atoms with Crippen LogP contribution in [-0.2, 0) is 17.9 Å². The minimum absolute atomic E-state index is 0.153. The number of amides is 3. The molecule has 0 radical (unpaired) electrons. The largest absolute Gasteiger partial charge is 0.329 e. The summed E-state index contributed by atoms with van der Waals surface area (Å²) < 4.78 is 1.81. The first-order chi connectivity index (χ1) is 17.0. The summed E-state index contributed by atoms with van der Waals surface area (Å²) in [4.78, 5) is 26.8. The second kappa shape index (κ2) is 9.78. The van der Waals surface area contributed by atoms with Gasteiger partial charge in [0.1, 0.15) is 5.70 Å². The molecule has 1 aromatic heterocycles. The van der Waals surface area contributed by atoms with E-state index in [0.717, 1.165) is 22.3 Å². The van der Waals surface area contributed by atoms with Crippen molar-refractivity contribution in [2.75, 3.05) is 0 Å². The molecule has 0 unspecified atom stereocenters. The van der Waals surface area contributed by atoms with Crippen molar-refractivity contribution in [3.05, 3.63) is 117 Å². The highest BCUT2D eigenvalue weighted by Gasteiger charge is 2.33. The second-order valence-corrected chi connectivity index (χ2v) is 9.00. The third-order valence-electron chi connectivity index (χ3n) is 5.61. The summed E-state index contributed by atoms with van der Waals surface area (Å²) in [7, 11) is 0. The molecule has 3 aromatic carbocycles. The second-order valence-electron chi connectivity index (χ2n) is 8.13. The van der Waals surface area contributed by atoms with Gasteiger partial charge in [-0.25, -0.2) is 4.79 Å². The lowest BCUT2D eigenvalue weighted by Gasteiger charge is -2.11. The number of halogens is 2. The van der Waals surface area contributed by atoms with Gasteiger partial charge in [-0.1, -0.05) is 77.8 Å². The zero-order valence-electron chi connectivity index (χ0n) is 18.5. The quantitative estimate of drug-likeness (QED) is 0.259. The molecular formula is C27H20Cl2N4O2. The van der Waals surface area contributed by atoms with E-state index in [9.17, 15) is 9.59 Å². The monoisotopic (exact) mass is 502 g/mol. The SMILES string of the molecule is O=C1N/C(=C/c2cn(Cc3ccc(Cl)cc3)nc2-c2ccccc2)C(=O)N1Cc1ccc(Cl)cc1. The fourth-order valence-electron chi connectivity index (χ4n) is 3.86. The number of benzene rings is 3. The molecule has 5 rings (SSSR count). The van der Waals surface area contributed by atoms with E-state index in [1.807, 2.05) is 65.5 Å². The predicted molar refractivity (Wildman–Crippen MR) is 137 cm³/mol. The highest BCUT2D eigenvalue weighted by atomic mass is 35.5. The lowest BCUT2D eigenvalue weighted by atomic mass is 10.1. The average Bonchev–Trinajstić information content (AvgIpc) is 3.38. The standard InChI is InChI=1S/C27H20Cl2N4O2/c28-22-10-6-18(7-11-22)15-32-17-21(25(31-32)20-4-2-1-3-5-20)14-24-26(34)33(27(35)30-24)16-19-8-12-23(29)13-9-19/h1-14,17H,15-16H2,(H,30,35)/b24-14+. The van der Waals surface area contributed by atoms with Crippen molar-refractivity contribution in [3.63, 3.8) is 0 Å². The molecular weight excluding hydrogens is 483 g/mol. The molecule has 2 heterocycles. The van der Waals surface area contributed by atoms with Crippen molar-refractivity contribution in [2.24, 2.45) is 0 Å². The average molecular weight is 503 g/mol. The molecule has 1 saturated heterocycles. The maximum absolute atomic E-state index is 13.1. The van der Waals surface area contributed by atoms with Crippen molar-refractivity contribution in [3.8, 4) is 11.3 Å². The molecule has 3 amide bonds. The molecule has 4 aromatic rings. The Bertz CT molecular complexity index is 1410. The Hall–Kier alpha value is -3.87. The first-order valence-corrected chi connectivity index (χ1v) is 11.7. The third-order valence-corrected chi connectivity index (χ3v) is 6.12. The predicted octanol–water partition coefficient (Wildman–Crippen LogP) is 6.00. The van der Waals surface area contributed by atoms with Crippen LogP contribution in [0.5, 0.6) is 0 Å². The number of aromatic nitrogens is 2. The van der Waals surface area contributed by atoms with Crippen LogP contribution in [0.4, 0.5) is 4.79 Å². The van der Waals surface area contributed by atoms with Gasteiger partial charge in [-0.05, 0) is 41.5 Å². The number of urea groups is 1. The Morgan fingerprint density at radius 1 is 0.800 bits per heavy atom. The van der Waals surface area contributed by atoms with Gasteiger partial charge in [0, 0.05) is 27.4 Å². The highest BCUT2D eigenvalue weighted by molar-refractivity contribution is 6.30. The number of carbonyl (C=O) groups excluding carboxylic acids is 2. The number of hydrogen-bond acceptors (Lipinski definition) is 3. The van der Waals surface area contributed by atoms with Gasteiger partial charge in [-0.2, -0.15) is 5.10 Å². The Morgan fingerprint density at radius 3 is 2.03 bits per heavy atom. The molecule has 0 bridgehead atoms. The molecule has 1 fully saturated rings. The van der Waals surface area contributed by atoms with E-state index in [1.165, 1.54) is 4.90 Å². The number of nitrogens with one attached hydrogen (secondary N) is 1. The van der Waals surface area contributed by atoms with E-state index in [0.29, 0.717) is 22.3 Å². The van der Waals surface area contributed by atoms with Crippen LogP contribution >= 0.6 is 23.2 Å². The molecule has 0 aliphatic carbocycles. The van der Waals surface area contributed by atoms with Crippen LogP contribution in [0, 0.1) is 0 Å². The van der Waals surface area contributed by atoms with Crippen LogP contribution in [0.3, 0.4) is 0 Å². The van der Waals surface area contributed by atoms with Gasteiger partial charge < -0.3 is 5.32 Å². The molecule has 8 heteroatoms.